The summed E-state index contributed by atoms with van der Waals surface area (Å²) in [5.74, 6) is 0.955. The van der Waals surface area contributed by atoms with Crippen molar-refractivity contribution in [3.63, 3.8) is 0 Å². The third-order valence-corrected chi connectivity index (χ3v) is 4.34. The minimum atomic E-state index is 0.784. The quantitative estimate of drug-likeness (QED) is 0.824. The highest BCUT2D eigenvalue weighted by molar-refractivity contribution is 7.07. The minimum Gasteiger partial charge on any atom is -0.317 e. The van der Waals surface area contributed by atoms with Gasteiger partial charge in [0.05, 0.1) is 0 Å². The first kappa shape index (κ1) is 11.2. The standard InChI is InChI=1S/C13H21NS/c1-14-13-4-2-3-11(9-13)5-6-12-7-8-15-10-12/h7-8,10-11,13-14H,2-6,9H2,1H3. The van der Waals surface area contributed by atoms with E-state index in [0.717, 1.165) is 12.0 Å². The van der Waals surface area contributed by atoms with Crippen molar-refractivity contribution < 1.29 is 0 Å². The van der Waals surface area contributed by atoms with Crippen LogP contribution in [-0.4, -0.2) is 13.1 Å². The van der Waals surface area contributed by atoms with Gasteiger partial charge in [0.2, 0.25) is 0 Å². The van der Waals surface area contributed by atoms with Crippen LogP contribution in [0.4, 0.5) is 0 Å². The second kappa shape index (κ2) is 5.66. The Kier molecular flexibility index (Phi) is 4.21. The van der Waals surface area contributed by atoms with E-state index in [0.29, 0.717) is 0 Å². The Labute approximate surface area is 96.9 Å². The summed E-state index contributed by atoms with van der Waals surface area (Å²) in [5.41, 5.74) is 1.53. The van der Waals surface area contributed by atoms with Crippen LogP contribution in [0.3, 0.4) is 0 Å². The zero-order valence-electron chi connectivity index (χ0n) is 9.54. The van der Waals surface area contributed by atoms with E-state index in [-0.39, 0.29) is 0 Å². The zero-order chi connectivity index (χ0) is 10.5. The Bertz CT molecular complexity index is 268. The van der Waals surface area contributed by atoms with Crippen LogP contribution in [0.2, 0.25) is 0 Å². The third-order valence-electron chi connectivity index (χ3n) is 3.61. The van der Waals surface area contributed by atoms with Crippen LogP contribution >= 0.6 is 11.3 Å². The molecule has 1 aliphatic rings. The van der Waals surface area contributed by atoms with Crippen molar-refractivity contribution in [2.75, 3.05) is 7.05 Å². The fourth-order valence-corrected chi connectivity index (χ4v) is 3.32. The van der Waals surface area contributed by atoms with Crippen LogP contribution in [-0.2, 0) is 6.42 Å². The predicted molar refractivity (Wildman–Crippen MR) is 67.4 cm³/mol. The monoisotopic (exact) mass is 223 g/mol. The van der Waals surface area contributed by atoms with E-state index in [2.05, 4.69) is 29.2 Å². The van der Waals surface area contributed by atoms with Crippen molar-refractivity contribution in [2.24, 2.45) is 5.92 Å². The Balaban J connectivity index is 1.74. The summed E-state index contributed by atoms with van der Waals surface area (Å²) < 4.78 is 0. The van der Waals surface area contributed by atoms with Gasteiger partial charge in [-0.1, -0.05) is 12.8 Å². The average Bonchev–Trinajstić information content (AvgIpc) is 2.79. The Morgan fingerprint density at radius 1 is 1.47 bits per heavy atom. The molecule has 1 aromatic heterocycles. The Morgan fingerprint density at radius 2 is 2.40 bits per heavy atom. The fraction of sp³-hybridized carbons (Fsp3) is 0.692. The van der Waals surface area contributed by atoms with Crippen molar-refractivity contribution in [2.45, 2.75) is 44.6 Å². The molecule has 0 bridgehead atoms. The molecule has 2 unspecified atom stereocenters. The van der Waals surface area contributed by atoms with Gasteiger partial charge < -0.3 is 5.32 Å². The van der Waals surface area contributed by atoms with Gasteiger partial charge >= 0.3 is 0 Å². The van der Waals surface area contributed by atoms with Crippen molar-refractivity contribution in [1.29, 1.82) is 0 Å². The number of hydrogen-bond donors (Lipinski definition) is 1. The van der Waals surface area contributed by atoms with Crippen molar-refractivity contribution in [1.82, 2.24) is 5.32 Å². The molecule has 15 heavy (non-hydrogen) atoms. The summed E-state index contributed by atoms with van der Waals surface area (Å²) >= 11 is 1.82. The van der Waals surface area contributed by atoms with Crippen LogP contribution < -0.4 is 5.32 Å². The SMILES string of the molecule is CNC1CCCC(CCc2ccsc2)C1. The first-order chi connectivity index (χ1) is 7.38. The first-order valence-electron chi connectivity index (χ1n) is 6.07. The lowest BCUT2D eigenvalue weighted by atomic mass is 9.82. The molecule has 0 amide bonds. The van der Waals surface area contributed by atoms with Crippen LogP contribution in [0.1, 0.15) is 37.7 Å². The summed E-state index contributed by atoms with van der Waals surface area (Å²) in [7, 11) is 2.10. The molecule has 1 N–H and O–H groups in total. The molecule has 0 saturated heterocycles. The maximum atomic E-state index is 3.43. The molecule has 1 saturated carbocycles. The van der Waals surface area contributed by atoms with E-state index < -0.39 is 0 Å². The smallest absolute Gasteiger partial charge is 0.00667 e. The van der Waals surface area contributed by atoms with Gasteiger partial charge in [0.15, 0.2) is 0 Å². The molecular weight excluding hydrogens is 202 g/mol. The molecule has 0 aromatic carbocycles. The summed E-state index contributed by atoms with van der Waals surface area (Å²) in [4.78, 5) is 0. The normalized spacial score (nSPS) is 26.7. The van der Waals surface area contributed by atoms with Gasteiger partial charge in [-0.25, -0.2) is 0 Å². The van der Waals surface area contributed by atoms with Gasteiger partial charge in [-0.2, -0.15) is 11.3 Å². The molecule has 1 heterocycles. The maximum Gasteiger partial charge on any atom is 0.00667 e. The fourth-order valence-electron chi connectivity index (χ4n) is 2.62. The van der Waals surface area contributed by atoms with E-state index in [1.807, 2.05) is 11.3 Å². The first-order valence-corrected chi connectivity index (χ1v) is 7.01. The molecule has 2 rings (SSSR count). The van der Waals surface area contributed by atoms with E-state index >= 15 is 0 Å². The number of nitrogens with one attached hydrogen (secondary N) is 1. The van der Waals surface area contributed by atoms with Crippen LogP contribution in [0.5, 0.6) is 0 Å². The number of thiophene rings is 1. The van der Waals surface area contributed by atoms with Crippen molar-refractivity contribution in [3.8, 4) is 0 Å². The van der Waals surface area contributed by atoms with E-state index in [1.54, 1.807) is 0 Å². The lowest BCUT2D eigenvalue weighted by molar-refractivity contribution is 0.283. The lowest BCUT2D eigenvalue weighted by Crippen LogP contribution is -2.31. The van der Waals surface area contributed by atoms with E-state index in [4.69, 9.17) is 0 Å². The van der Waals surface area contributed by atoms with Gasteiger partial charge in [-0.15, -0.1) is 0 Å². The molecular formula is C13H21NS. The summed E-state index contributed by atoms with van der Waals surface area (Å²) in [6, 6.07) is 3.05. The molecule has 1 aromatic rings. The molecule has 84 valence electrons. The molecule has 0 radical (unpaired) electrons. The molecule has 1 fully saturated rings. The zero-order valence-corrected chi connectivity index (χ0v) is 10.4. The number of hydrogen-bond acceptors (Lipinski definition) is 2. The molecule has 0 aliphatic heterocycles. The molecule has 1 aliphatic carbocycles. The highest BCUT2D eigenvalue weighted by Gasteiger charge is 2.20. The summed E-state index contributed by atoms with van der Waals surface area (Å²) in [5, 5.41) is 7.91. The maximum absolute atomic E-state index is 3.43. The van der Waals surface area contributed by atoms with Crippen LogP contribution in [0.25, 0.3) is 0 Å². The van der Waals surface area contributed by atoms with Crippen molar-refractivity contribution >= 4 is 11.3 Å². The molecule has 2 heteroatoms. The van der Waals surface area contributed by atoms with Crippen molar-refractivity contribution in [3.05, 3.63) is 22.4 Å². The van der Waals surface area contributed by atoms with Gasteiger partial charge in [-0.05, 0) is 61.0 Å². The lowest BCUT2D eigenvalue weighted by Gasteiger charge is -2.28. The second-order valence-corrected chi connectivity index (χ2v) is 5.47. The predicted octanol–water partition coefficient (Wildman–Crippen LogP) is 3.46. The molecule has 1 nitrogen and oxygen atoms in total. The minimum absolute atomic E-state index is 0.784. The second-order valence-electron chi connectivity index (χ2n) is 4.69. The van der Waals surface area contributed by atoms with Crippen LogP contribution in [0, 0.1) is 5.92 Å². The summed E-state index contributed by atoms with van der Waals surface area (Å²) in [6.45, 7) is 0. The highest BCUT2D eigenvalue weighted by atomic mass is 32.1. The molecule has 2 atom stereocenters. The highest BCUT2D eigenvalue weighted by Crippen LogP contribution is 2.28. The molecule has 0 spiro atoms. The van der Waals surface area contributed by atoms with E-state index in [9.17, 15) is 0 Å². The number of rotatable bonds is 4. The van der Waals surface area contributed by atoms with E-state index in [1.165, 1.54) is 44.1 Å². The Hall–Kier alpha value is -0.340. The van der Waals surface area contributed by atoms with Crippen LogP contribution in [0.15, 0.2) is 16.8 Å². The number of aryl methyl sites for hydroxylation is 1. The topological polar surface area (TPSA) is 12.0 Å². The van der Waals surface area contributed by atoms with Gasteiger partial charge in [0, 0.05) is 6.04 Å². The Morgan fingerprint density at radius 3 is 3.13 bits per heavy atom. The largest absolute Gasteiger partial charge is 0.317 e. The summed E-state index contributed by atoms with van der Waals surface area (Å²) in [6.07, 6.45) is 8.30. The average molecular weight is 223 g/mol. The van der Waals surface area contributed by atoms with Gasteiger partial charge in [0.1, 0.15) is 0 Å². The van der Waals surface area contributed by atoms with Gasteiger partial charge in [-0.3, -0.25) is 0 Å². The van der Waals surface area contributed by atoms with Gasteiger partial charge in [0.25, 0.3) is 0 Å². The third kappa shape index (κ3) is 3.32.